The Balaban J connectivity index is 1.68. The molecule has 23 heavy (non-hydrogen) atoms. The van der Waals surface area contributed by atoms with Crippen LogP contribution in [0.3, 0.4) is 0 Å². The number of hydrogen-bond donors (Lipinski definition) is 0. The molecule has 1 aromatic heterocycles. The number of rotatable bonds is 2. The second-order valence-electron chi connectivity index (χ2n) is 5.55. The first kappa shape index (κ1) is 16.7. The number of halogens is 2. The molecule has 1 aliphatic heterocycles. The summed E-state index contributed by atoms with van der Waals surface area (Å²) in [6.07, 6.45) is 1.81. The van der Waals surface area contributed by atoms with Gasteiger partial charge in [-0.25, -0.2) is 4.98 Å². The third-order valence-corrected chi connectivity index (χ3v) is 5.93. The van der Waals surface area contributed by atoms with Gasteiger partial charge in [0, 0.05) is 40.4 Å². The van der Waals surface area contributed by atoms with Crippen molar-refractivity contribution in [3.05, 3.63) is 55.7 Å². The molecule has 0 N–H and O–H groups in total. The summed E-state index contributed by atoms with van der Waals surface area (Å²) in [5.74, 6) is 1.09. The Morgan fingerprint density at radius 2 is 1.91 bits per heavy atom. The molecule has 0 atom stereocenters. The maximum absolute atomic E-state index is 12.7. The zero-order valence-corrected chi connectivity index (χ0v) is 16.5. The molecular formula is C17H17BrIN3O. The van der Waals surface area contributed by atoms with Gasteiger partial charge in [-0.15, -0.1) is 0 Å². The van der Waals surface area contributed by atoms with Crippen molar-refractivity contribution >= 4 is 50.2 Å². The van der Waals surface area contributed by atoms with E-state index in [9.17, 15) is 4.79 Å². The fourth-order valence-corrected chi connectivity index (χ4v) is 3.50. The minimum absolute atomic E-state index is 0.126. The van der Waals surface area contributed by atoms with E-state index in [2.05, 4.69) is 48.4 Å². The first-order valence-electron chi connectivity index (χ1n) is 7.47. The average Bonchev–Trinajstić information content (AvgIpc) is 2.58. The maximum Gasteiger partial charge on any atom is 0.255 e. The van der Waals surface area contributed by atoms with E-state index in [1.54, 1.807) is 0 Å². The summed E-state index contributed by atoms with van der Waals surface area (Å²) in [6.45, 7) is 5.10. The van der Waals surface area contributed by atoms with Gasteiger partial charge >= 0.3 is 0 Å². The molecule has 0 radical (unpaired) electrons. The number of anilines is 1. The summed E-state index contributed by atoms with van der Waals surface area (Å²) in [7, 11) is 0. The predicted molar refractivity (Wildman–Crippen MR) is 104 cm³/mol. The topological polar surface area (TPSA) is 36.4 Å². The van der Waals surface area contributed by atoms with Crippen LogP contribution in [0, 0.1) is 10.5 Å². The molecule has 2 aromatic rings. The number of nitrogens with zero attached hydrogens (tertiary/aromatic N) is 3. The van der Waals surface area contributed by atoms with Crippen molar-refractivity contribution in [3.63, 3.8) is 0 Å². The van der Waals surface area contributed by atoms with Gasteiger partial charge in [0.2, 0.25) is 0 Å². The lowest BCUT2D eigenvalue weighted by atomic mass is 10.1. The standard InChI is InChI=1S/C17H17BrIN3O/c1-12-3-2-4-14(16(12)19)17(23)22-9-7-21(8-10-22)15-6-5-13(18)11-20-15/h2-6,11H,7-10H2,1H3. The maximum atomic E-state index is 12.7. The molecule has 4 nitrogen and oxygen atoms in total. The van der Waals surface area contributed by atoms with Gasteiger partial charge in [-0.05, 0) is 69.2 Å². The van der Waals surface area contributed by atoms with Gasteiger partial charge in [-0.3, -0.25) is 4.79 Å². The Labute approximate surface area is 158 Å². The highest BCUT2D eigenvalue weighted by atomic mass is 127. The molecule has 2 heterocycles. The van der Waals surface area contributed by atoms with E-state index < -0.39 is 0 Å². The first-order chi connectivity index (χ1) is 11.1. The van der Waals surface area contributed by atoms with Crippen LogP contribution in [0.25, 0.3) is 0 Å². The number of aryl methyl sites for hydroxylation is 1. The summed E-state index contributed by atoms with van der Waals surface area (Å²) >= 11 is 5.66. The van der Waals surface area contributed by atoms with E-state index >= 15 is 0 Å². The minimum Gasteiger partial charge on any atom is -0.353 e. The van der Waals surface area contributed by atoms with Crippen LogP contribution in [-0.4, -0.2) is 42.0 Å². The van der Waals surface area contributed by atoms with Crippen molar-refractivity contribution in [1.29, 1.82) is 0 Å². The van der Waals surface area contributed by atoms with E-state index in [0.29, 0.717) is 0 Å². The third-order valence-electron chi connectivity index (χ3n) is 4.02. The second-order valence-corrected chi connectivity index (χ2v) is 7.54. The van der Waals surface area contributed by atoms with Crippen LogP contribution in [0.5, 0.6) is 0 Å². The fourth-order valence-electron chi connectivity index (χ4n) is 2.68. The Hall–Kier alpha value is -1.15. The molecule has 0 saturated carbocycles. The van der Waals surface area contributed by atoms with Crippen LogP contribution in [0.15, 0.2) is 41.0 Å². The molecular weight excluding hydrogens is 469 g/mol. The average molecular weight is 486 g/mol. The van der Waals surface area contributed by atoms with Crippen molar-refractivity contribution < 1.29 is 4.79 Å². The smallest absolute Gasteiger partial charge is 0.255 e. The molecule has 0 bridgehead atoms. The molecule has 1 aromatic carbocycles. The van der Waals surface area contributed by atoms with Gasteiger partial charge < -0.3 is 9.80 Å². The number of carbonyl (C=O) groups excluding carboxylic acids is 1. The molecule has 6 heteroatoms. The highest BCUT2D eigenvalue weighted by Gasteiger charge is 2.24. The lowest BCUT2D eigenvalue weighted by Gasteiger charge is -2.35. The van der Waals surface area contributed by atoms with Crippen molar-refractivity contribution in [2.24, 2.45) is 0 Å². The van der Waals surface area contributed by atoms with Gasteiger partial charge in [0.1, 0.15) is 5.82 Å². The van der Waals surface area contributed by atoms with Gasteiger partial charge in [-0.2, -0.15) is 0 Å². The summed E-state index contributed by atoms with van der Waals surface area (Å²) in [6, 6.07) is 9.90. The Bertz CT molecular complexity index is 712. The van der Waals surface area contributed by atoms with Crippen molar-refractivity contribution in [2.75, 3.05) is 31.1 Å². The molecule has 1 aliphatic rings. The van der Waals surface area contributed by atoms with Crippen molar-refractivity contribution in [1.82, 2.24) is 9.88 Å². The summed E-state index contributed by atoms with van der Waals surface area (Å²) in [4.78, 5) is 21.3. The molecule has 0 aliphatic carbocycles. The highest BCUT2D eigenvalue weighted by Crippen LogP contribution is 2.21. The van der Waals surface area contributed by atoms with E-state index in [0.717, 1.165) is 51.2 Å². The predicted octanol–water partition coefficient (Wildman–Crippen LogP) is 3.72. The lowest BCUT2D eigenvalue weighted by Crippen LogP contribution is -2.49. The van der Waals surface area contributed by atoms with Crippen LogP contribution in [0.2, 0.25) is 0 Å². The Morgan fingerprint density at radius 1 is 1.17 bits per heavy atom. The summed E-state index contributed by atoms with van der Waals surface area (Å²) in [5.41, 5.74) is 1.95. The number of carbonyl (C=O) groups is 1. The first-order valence-corrected chi connectivity index (χ1v) is 9.34. The molecule has 1 amide bonds. The second kappa shape index (κ2) is 7.17. The molecule has 1 saturated heterocycles. The monoisotopic (exact) mass is 485 g/mol. The quantitative estimate of drug-likeness (QED) is 0.608. The van der Waals surface area contributed by atoms with E-state index in [1.165, 1.54) is 0 Å². The molecule has 120 valence electrons. The Morgan fingerprint density at radius 3 is 2.57 bits per heavy atom. The lowest BCUT2D eigenvalue weighted by molar-refractivity contribution is 0.0745. The molecule has 3 rings (SSSR count). The highest BCUT2D eigenvalue weighted by molar-refractivity contribution is 14.1. The van der Waals surface area contributed by atoms with E-state index in [4.69, 9.17) is 0 Å². The summed E-state index contributed by atoms with van der Waals surface area (Å²) in [5, 5.41) is 0. The number of aromatic nitrogens is 1. The van der Waals surface area contributed by atoms with Crippen molar-refractivity contribution in [2.45, 2.75) is 6.92 Å². The van der Waals surface area contributed by atoms with Crippen LogP contribution in [0.1, 0.15) is 15.9 Å². The number of benzene rings is 1. The number of piperazine rings is 1. The molecule has 0 spiro atoms. The van der Waals surface area contributed by atoms with Crippen molar-refractivity contribution in [3.8, 4) is 0 Å². The molecule has 1 fully saturated rings. The van der Waals surface area contributed by atoms with Crippen LogP contribution in [-0.2, 0) is 0 Å². The van der Waals surface area contributed by atoms with Gasteiger partial charge in [0.25, 0.3) is 5.91 Å². The minimum atomic E-state index is 0.126. The van der Waals surface area contributed by atoms with Gasteiger partial charge in [-0.1, -0.05) is 12.1 Å². The zero-order valence-electron chi connectivity index (χ0n) is 12.8. The third kappa shape index (κ3) is 3.68. The van der Waals surface area contributed by atoms with Crippen LogP contribution < -0.4 is 4.90 Å². The fraction of sp³-hybridized carbons (Fsp3) is 0.294. The van der Waals surface area contributed by atoms with Gasteiger partial charge in [0.05, 0.1) is 5.56 Å². The van der Waals surface area contributed by atoms with Crippen LogP contribution >= 0.6 is 38.5 Å². The molecule has 0 unspecified atom stereocenters. The van der Waals surface area contributed by atoms with Crippen LogP contribution in [0.4, 0.5) is 5.82 Å². The van der Waals surface area contributed by atoms with E-state index in [-0.39, 0.29) is 5.91 Å². The zero-order chi connectivity index (χ0) is 16.4. The Kier molecular flexibility index (Phi) is 5.21. The largest absolute Gasteiger partial charge is 0.353 e. The number of amides is 1. The number of hydrogen-bond acceptors (Lipinski definition) is 3. The summed E-state index contributed by atoms with van der Waals surface area (Å²) < 4.78 is 2.02. The normalized spacial score (nSPS) is 14.9. The number of pyridine rings is 1. The SMILES string of the molecule is Cc1cccc(C(=O)N2CCN(c3ccc(Br)cn3)CC2)c1I. The van der Waals surface area contributed by atoms with E-state index in [1.807, 2.05) is 48.4 Å². The van der Waals surface area contributed by atoms with Gasteiger partial charge in [0.15, 0.2) is 0 Å².